The van der Waals surface area contributed by atoms with Crippen molar-refractivity contribution in [2.24, 2.45) is 5.41 Å². The number of aryl methyl sites for hydroxylation is 1. The maximum absolute atomic E-state index is 13.7. The van der Waals surface area contributed by atoms with Crippen LogP contribution in [0.2, 0.25) is 0 Å². The van der Waals surface area contributed by atoms with Gasteiger partial charge in [-0.3, -0.25) is 9.59 Å². The maximum atomic E-state index is 13.7. The molecule has 5 heteroatoms. The Bertz CT molecular complexity index is 509. The number of ketones is 1. The van der Waals surface area contributed by atoms with E-state index in [1.165, 1.54) is 19.9 Å². The zero-order chi connectivity index (χ0) is 15.3. The van der Waals surface area contributed by atoms with E-state index < -0.39 is 23.0 Å². The van der Waals surface area contributed by atoms with Crippen LogP contribution in [0.25, 0.3) is 0 Å². The molecule has 1 rings (SSSR count). The first-order valence-corrected chi connectivity index (χ1v) is 6.39. The van der Waals surface area contributed by atoms with E-state index >= 15 is 0 Å². The Balaban J connectivity index is 2.72. The van der Waals surface area contributed by atoms with Crippen molar-refractivity contribution in [1.82, 2.24) is 0 Å². The van der Waals surface area contributed by atoms with Crippen LogP contribution in [0.4, 0.5) is 4.39 Å². The van der Waals surface area contributed by atoms with Gasteiger partial charge in [-0.25, -0.2) is 4.39 Å². The molecule has 0 fully saturated rings. The van der Waals surface area contributed by atoms with Gasteiger partial charge in [-0.15, -0.1) is 0 Å². The highest BCUT2D eigenvalue weighted by atomic mass is 19.1. The summed E-state index contributed by atoms with van der Waals surface area (Å²) in [7, 11) is 0. The van der Waals surface area contributed by atoms with Gasteiger partial charge < -0.3 is 9.47 Å². The SMILES string of the molecule is CCOC(=O)C(C)(C)C(=O)COc1cccc(C)c1F. The number of rotatable bonds is 6. The standard InChI is InChI=1S/C15H19FO4/c1-5-19-14(18)15(3,4)12(17)9-20-11-8-6-7-10(2)13(11)16/h6-8H,5,9H2,1-4H3. The van der Waals surface area contributed by atoms with Crippen LogP contribution in [0.3, 0.4) is 0 Å². The molecule has 0 aromatic heterocycles. The maximum Gasteiger partial charge on any atom is 0.319 e. The Morgan fingerprint density at radius 2 is 1.95 bits per heavy atom. The van der Waals surface area contributed by atoms with E-state index in [0.29, 0.717) is 5.56 Å². The zero-order valence-electron chi connectivity index (χ0n) is 12.2. The predicted octanol–water partition coefficient (Wildman–Crippen LogP) is 2.67. The molecule has 0 spiro atoms. The van der Waals surface area contributed by atoms with E-state index in [1.54, 1.807) is 26.0 Å². The Hall–Kier alpha value is -1.91. The molecule has 0 aliphatic rings. The van der Waals surface area contributed by atoms with Crippen LogP contribution in [0.5, 0.6) is 5.75 Å². The molecule has 0 unspecified atom stereocenters. The van der Waals surface area contributed by atoms with Gasteiger partial charge in [0.15, 0.2) is 17.3 Å². The van der Waals surface area contributed by atoms with Gasteiger partial charge >= 0.3 is 5.97 Å². The molecule has 1 aromatic rings. The van der Waals surface area contributed by atoms with Gasteiger partial charge in [-0.05, 0) is 39.3 Å². The second-order valence-corrected chi connectivity index (χ2v) is 4.94. The summed E-state index contributed by atoms with van der Waals surface area (Å²) in [5.74, 6) is -1.58. The Kier molecular flexibility index (Phi) is 5.25. The molecule has 0 bridgehead atoms. The summed E-state index contributed by atoms with van der Waals surface area (Å²) in [5.41, 5.74) is -0.879. The number of hydrogen-bond donors (Lipinski definition) is 0. The van der Waals surface area contributed by atoms with Crippen molar-refractivity contribution in [3.8, 4) is 5.75 Å². The fourth-order valence-corrected chi connectivity index (χ4v) is 1.48. The minimum absolute atomic E-state index is 0.00184. The molecule has 0 N–H and O–H groups in total. The monoisotopic (exact) mass is 282 g/mol. The van der Waals surface area contributed by atoms with E-state index in [2.05, 4.69) is 0 Å². The van der Waals surface area contributed by atoms with Crippen LogP contribution < -0.4 is 4.74 Å². The van der Waals surface area contributed by atoms with Crippen molar-refractivity contribution < 1.29 is 23.5 Å². The summed E-state index contributed by atoms with van der Waals surface area (Å²) >= 11 is 0. The van der Waals surface area contributed by atoms with Crippen molar-refractivity contribution in [1.29, 1.82) is 0 Å². The molecule has 0 atom stereocenters. The molecule has 0 aliphatic heterocycles. The second kappa shape index (κ2) is 6.50. The van der Waals surface area contributed by atoms with E-state index in [1.807, 2.05) is 0 Å². The second-order valence-electron chi connectivity index (χ2n) is 4.94. The van der Waals surface area contributed by atoms with Gasteiger partial charge in [0, 0.05) is 0 Å². The Morgan fingerprint density at radius 1 is 1.30 bits per heavy atom. The fraction of sp³-hybridized carbons (Fsp3) is 0.467. The first kappa shape index (κ1) is 16.1. The van der Waals surface area contributed by atoms with Crippen LogP contribution in [-0.4, -0.2) is 25.0 Å². The molecule has 0 saturated heterocycles. The number of halogens is 1. The first-order chi connectivity index (χ1) is 9.30. The van der Waals surface area contributed by atoms with Gasteiger partial charge in [-0.2, -0.15) is 0 Å². The molecule has 0 amide bonds. The average molecular weight is 282 g/mol. The minimum atomic E-state index is -1.31. The lowest BCUT2D eigenvalue weighted by Crippen LogP contribution is -2.38. The zero-order valence-corrected chi connectivity index (χ0v) is 12.2. The molecular formula is C15H19FO4. The molecule has 0 radical (unpaired) electrons. The largest absolute Gasteiger partial charge is 0.483 e. The van der Waals surface area contributed by atoms with E-state index in [-0.39, 0.29) is 19.0 Å². The highest BCUT2D eigenvalue weighted by molar-refractivity contribution is 6.03. The third-order valence-corrected chi connectivity index (χ3v) is 3.00. The smallest absolute Gasteiger partial charge is 0.319 e. The molecule has 0 aliphatic carbocycles. The van der Waals surface area contributed by atoms with Gasteiger partial charge in [-0.1, -0.05) is 12.1 Å². The van der Waals surface area contributed by atoms with E-state index in [4.69, 9.17) is 9.47 Å². The minimum Gasteiger partial charge on any atom is -0.483 e. The lowest BCUT2D eigenvalue weighted by Gasteiger charge is -2.20. The highest BCUT2D eigenvalue weighted by Crippen LogP contribution is 2.22. The van der Waals surface area contributed by atoms with Gasteiger partial charge in [0.1, 0.15) is 12.0 Å². The summed E-state index contributed by atoms with van der Waals surface area (Å²) < 4.78 is 23.7. The fourth-order valence-electron chi connectivity index (χ4n) is 1.48. The van der Waals surface area contributed by atoms with Gasteiger partial charge in [0.2, 0.25) is 0 Å². The molecule has 4 nitrogen and oxygen atoms in total. The highest BCUT2D eigenvalue weighted by Gasteiger charge is 2.37. The Labute approximate surface area is 117 Å². The molecule has 20 heavy (non-hydrogen) atoms. The molecular weight excluding hydrogens is 263 g/mol. The number of Topliss-reactive ketones (excluding diaryl/α,β-unsaturated/α-hetero) is 1. The third-order valence-electron chi connectivity index (χ3n) is 3.00. The average Bonchev–Trinajstić information content (AvgIpc) is 2.40. The Morgan fingerprint density at radius 3 is 2.55 bits per heavy atom. The normalized spacial score (nSPS) is 11.1. The first-order valence-electron chi connectivity index (χ1n) is 6.39. The quantitative estimate of drug-likeness (QED) is 0.594. The lowest BCUT2D eigenvalue weighted by molar-refractivity contribution is -0.158. The van der Waals surface area contributed by atoms with Crippen molar-refractivity contribution in [2.45, 2.75) is 27.7 Å². The van der Waals surface area contributed by atoms with Crippen LogP contribution in [0.15, 0.2) is 18.2 Å². The summed E-state index contributed by atoms with van der Waals surface area (Å²) in [6.07, 6.45) is 0. The van der Waals surface area contributed by atoms with Crippen molar-refractivity contribution in [3.05, 3.63) is 29.6 Å². The number of benzene rings is 1. The predicted molar refractivity (Wildman–Crippen MR) is 72.1 cm³/mol. The number of hydrogen-bond acceptors (Lipinski definition) is 4. The van der Waals surface area contributed by atoms with E-state index in [0.717, 1.165) is 0 Å². The number of ether oxygens (including phenoxy) is 2. The van der Waals surface area contributed by atoms with Crippen LogP contribution >= 0.6 is 0 Å². The van der Waals surface area contributed by atoms with Crippen molar-refractivity contribution in [2.75, 3.05) is 13.2 Å². The molecule has 0 saturated carbocycles. The van der Waals surface area contributed by atoms with Gasteiger partial charge in [0.05, 0.1) is 6.61 Å². The van der Waals surface area contributed by atoms with Crippen LogP contribution in [0, 0.1) is 18.2 Å². The van der Waals surface area contributed by atoms with Gasteiger partial charge in [0.25, 0.3) is 0 Å². The molecule has 0 heterocycles. The van der Waals surface area contributed by atoms with E-state index in [9.17, 15) is 14.0 Å². The summed E-state index contributed by atoms with van der Waals surface area (Å²) in [6.45, 7) is 6.01. The van der Waals surface area contributed by atoms with Crippen LogP contribution in [-0.2, 0) is 14.3 Å². The molecule has 1 aromatic carbocycles. The summed E-state index contributed by atoms with van der Waals surface area (Å²) in [6, 6.07) is 4.67. The topological polar surface area (TPSA) is 52.6 Å². The summed E-state index contributed by atoms with van der Waals surface area (Å²) in [4.78, 5) is 23.7. The van der Waals surface area contributed by atoms with Crippen LogP contribution in [0.1, 0.15) is 26.3 Å². The third kappa shape index (κ3) is 3.56. The lowest BCUT2D eigenvalue weighted by atomic mass is 9.88. The number of carbonyl (C=O) groups is 2. The van der Waals surface area contributed by atoms with Crippen molar-refractivity contribution in [3.63, 3.8) is 0 Å². The summed E-state index contributed by atoms with van der Waals surface area (Å²) in [5, 5.41) is 0. The van der Waals surface area contributed by atoms with Crippen molar-refractivity contribution >= 4 is 11.8 Å². The number of esters is 1. The number of carbonyl (C=O) groups excluding carboxylic acids is 2. The molecule has 110 valence electrons.